The van der Waals surface area contributed by atoms with Crippen molar-refractivity contribution in [1.29, 1.82) is 0 Å². The number of hydrogen-bond acceptors (Lipinski definition) is 2. The Kier molecular flexibility index (Phi) is 3.93. The molecule has 0 amide bonds. The van der Waals surface area contributed by atoms with Gasteiger partial charge in [-0.25, -0.2) is 0 Å². The van der Waals surface area contributed by atoms with E-state index in [1.165, 1.54) is 0 Å². The van der Waals surface area contributed by atoms with Crippen LogP contribution in [0.4, 0.5) is 5.69 Å². The van der Waals surface area contributed by atoms with Crippen molar-refractivity contribution in [2.24, 2.45) is 0 Å². The highest BCUT2D eigenvalue weighted by Crippen LogP contribution is 2.20. The zero-order valence-corrected chi connectivity index (χ0v) is 12.2. The molecule has 0 aliphatic heterocycles. The second kappa shape index (κ2) is 5.47. The molecule has 0 spiro atoms. The second-order valence-electron chi connectivity index (χ2n) is 4.81. The van der Waals surface area contributed by atoms with Crippen LogP contribution in [0, 0.1) is 6.92 Å². The Bertz CT molecular complexity index is 639. The summed E-state index contributed by atoms with van der Waals surface area (Å²) in [4.78, 5) is 18.1. The van der Waals surface area contributed by atoms with E-state index in [1.54, 1.807) is 0 Å². The van der Waals surface area contributed by atoms with Crippen molar-refractivity contribution in [3.05, 3.63) is 39.7 Å². The Morgan fingerprint density at radius 2 is 1.84 bits per heavy atom. The molecule has 0 saturated carbocycles. The Morgan fingerprint density at radius 3 is 2.42 bits per heavy atom. The molecule has 1 heterocycles. The molecule has 0 fully saturated rings. The van der Waals surface area contributed by atoms with Crippen LogP contribution >= 0.6 is 0 Å². The molecular weight excluding hydrogens is 236 g/mol. The van der Waals surface area contributed by atoms with Gasteiger partial charge in [-0.05, 0) is 45.4 Å². The van der Waals surface area contributed by atoms with E-state index in [0.717, 1.165) is 47.4 Å². The number of rotatable bonds is 4. The molecule has 1 N–H and O–H groups in total. The smallest absolute Gasteiger partial charge is 0.192 e. The van der Waals surface area contributed by atoms with E-state index in [-0.39, 0.29) is 5.43 Å². The minimum absolute atomic E-state index is 0.169. The lowest BCUT2D eigenvalue weighted by Crippen LogP contribution is -2.22. The summed E-state index contributed by atoms with van der Waals surface area (Å²) >= 11 is 0. The van der Waals surface area contributed by atoms with E-state index >= 15 is 0 Å². The molecule has 1 aromatic heterocycles. The molecule has 0 unspecified atom stereocenters. The van der Waals surface area contributed by atoms with Crippen molar-refractivity contribution in [3.63, 3.8) is 0 Å². The van der Waals surface area contributed by atoms with E-state index < -0.39 is 0 Å². The Balaban J connectivity index is 2.68. The maximum Gasteiger partial charge on any atom is 0.192 e. The van der Waals surface area contributed by atoms with E-state index in [4.69, 9.17) is 0 Å². The standard InChI is InChI=1S/C16H22N2O/c1-5-13-11(4)17-15-9-8-12(18(6-2)7-3)10-14(15)16(13)19/h8-10H,5-7H2,1-4H3,(H,17,19). The zero-order chi connectivity index (χ0) is 14.0. The third-order valence-corrected chi connectivity index (χ3v) is 3.78. The summed E-state index contributed by atoms with van der Waals surface area (Å²) in [5.74, 6) is 0. The molecule has 102 valence electrons. The van der Waals surface area contributed by atoms with Crippen molar-refractivity contribution in [2.45, 2.75) is 34.1 Å². The molecule has 0 saturated heterocycles. The van der Waals surface area contributed by atoms with Gasteiger partial charge >= 0.3 is 0 Å². The van der Waals surface area contributed by atoms with Gasteiger partial charge in [0.25, 0.3) is 0 Å². The molecule has 0 bridgehead atoms. The average molecular weight is 258 g/mol. The molecular formula is C16H22N2O. The molecule has 1 aromatic carbocycles. The summed E-state index contributed by atoms with van der Waals surface area (Å²) in [6, 6.07) is 6.10. The van der Waals surface area contributed by atoms with Crippen LogP contribution in [0.15, 0.2) is 23.0 Å². The van der Waals surface area contributed by atoms with Gasteiger partial charge in [-0.3, -0.25) is 4.79 Å². The number of aromatic nitrogens is 1. The molecule has 3 heteroatoms. The highest BCUT2D eigenvalue weighted by Gasteiger charge is 2.09. The number of nitrogens with one attached hydrogen (secondary N) is 1. The number of aryl methyl sites for hydroxylation is 1. The van der Waals surface area contributed by atoms with Crippen LogP contribution in [0.2, 0.25) is 0 Å². The fourth-order valence-electron chi connectivity index (χ4n) is 2.65. The lowest BCUT2D eigenvalue weighted by molar-refractivity contribution is 0.867. The predicted octanol–water partition coefficient (Wildman–Crippen LogP) is 3.25. The average Bonchev–Trinajstić information content (AvgIpc) is 2.41. The monoisotopic (exact) mass is 258 g/mol. The van der Waals surface area contributed by atoms with Gasteiger partial charge in [-0.15, -0.1) is 0 Å². The SMILES string of the molecule is CCc1c(C)[nH]c2ccc(N(CC)CC)cc2c1=O. The highest BCUT2D eigenvalue weighted by molar-refractivity contribution is 5.83. The summed E-state index contributed by atoms with van der Waals surface area (Å²) in [5, 5.41) is 0.798. The maximum absolute atomic E-state index is 12.5. The van der Waals surface area contributed by atoms with Crippen molar-refractivity contribution >= 4 is 16.6 Å². The number of anilines is 1. The lowest BCUT2D eigenvalue weighted by atomic mass is 10.1. The molecule has 0 radical (unpaired) electrons. The number of fused-ring (bicyclic) bond motifs is 1. The van der Waals surface area contributed by atoms with Gasteiger partial charge in [0, 0.05) is 40.9 Å². The lowest BCUT2D eigenvalue weighted by Gasteiger charge is -2.21. The Labute approximate surface area is 114 Å². The van der Waals surface area contributed by atoms with Crippen molar-refractivity contribution in [3.8, 4) is 0 Å². The van der Waals surface area contributed by atoms with Crippen LogP contribution in [0.25, 0.3) is 10.9 Å². The number of benzene rings is 1. The predicted molar refractivity (Wildman–Crippen MR) is 82.2 cm³/mol. The molecule has 0 aliphatic rings. The summed E-state index contributed by atoms with van der Waals surface area (Å²) in [6.45, 7) is 10.2. The summed E-state index contributed by atoms with van der Waals surface area (Å²) in [7, 11) is 0. The highest BCUT2D eigenvalue weighted by atomic mass is 16.1. The first kappa shape index (κ1) is 13.7. The zero-order valence-electron chi connectivity index (χ0n) is 12.2. The Hall–Kier alpha value is -1.77. The van der Waals surface area contributed by atoms with Gasteiger partial charge in [0.2, 0.25) is 0 Å². The van der Waals surface area contributed by atoms with E-state index in [9.17, 15) is 4.79 Å². The van der Waals surface area contributed by atoms with Gasteiger partial charge in [0.1, 0.15) is 0 Å². The number of pyridine rings is 1. The molecule has 0 aliphatic carbocycles. The van der Waals surface area contributed by atoms with Gasteiger partial charge in [0.05, 0.1) is 0 Å². The second-order valence-corrected chi connectivity index (χ2v) is 4.81. The third kappa shape index (κ3) is 2.37. The first-order valence-corrected chi connectivity index (χ1v) is 7.02. The van der Waals surface area contributed by atoms with Crippen LogP contribution in [-0.4, -0.2) is 18.1 Å². The van der Waals surface area contributed by atoms with Crippen molar-refractivity contribution in [2.75, 3.05) is 18.0 Å². The molecule has 0 atom stereocenters. The first-order chi connectivity index (χ1) is 9.12. The molecule has 2 aromatic rings. The number of H-pyrrole nitrogens is 1. The van der Waals surface area contributed by atoms with Crippen molar-refractivity contribution in [1.82, 2.24) is 4.98 Å². The molecule has 2 rings (SSSR count). The Morgan fingerprint density at radius 1 is 1.16 bits per heavy atom. The summed E-state index contributed by atoms with van der Waals surface area (Å²) in [6.07, 6.45) is 0.770. The van der Waals surface area contributed by atoms with Gasteiger partial charge in [-0.2, -0.15) is 0 Å². The molecule has 3 nitrogen and oxygen atoms in total. The van der Waals surface area contributed by atoms with Crippen LogP contribution in [0.3, 0.4) is 0 Å². The first-order valence-electron chi connectivity index (χ1n) is 7.02. The van der Waals surface area contributed by atoms with Crippen LogP contribution in [0.5, 0.6) is 0 Å². The van der Waals surface area contributed by atoms with Gasteiger partial charge in [0.15, 0.2) is 5.43 Å². The normalized spacial score (nSPS) is 10.9. The number of hydrogen-bond donors (Lipinski definition) is 1. The van der Waals surface area contributed by atoms with Gasteiger partial charge < -0.3 is 9.88 Å². The van der Waals surface area contributed by atoms with Gasteiger partial charge in [-0.1, -0.05) is 6.92 Å². The summed E-state index contributed by atoms with van der Waals surface area (Å²) in [5.41, 5.74) is 4.09. The molecule has 19 heavy (non-hydrogen) atoms. The van der Waals surface area contributed by atoms with Crippen LogP contribution in [0.1, 0.15) is 32.0 Å². The van der Waals surface area contributed by atoms with Crippen LogP contribution < -0.4 is 10.3 Å². The summed E-state index contributed by atoms with van der Waals surface area (Å²) < 4.78 is 0. The fourth-order valence-corrected chi connectivity index (χ4v) is 2.65. The van der Waals surface area contributed by atoms with Crippen LogP contribution in [-0.2, 0) is 6.42 Å². The topological polar surface area (TPSA) is 36.1 Å². The largest absolute Gasteiger partial charge is 0.372 e. The third-order valence-electron chi connectivity index (χ3n) is 3.78. The van der Waals surface area contributed by atoms with E-state index in [0.29, 0.717) is 0 Å². The quantitative estimate of drug-likeness (QED) is 0.914. The number of nitrogens with zero attached hydrogens (tertiary/aromatic N) is 1. The van der Waals surface area contributed by atoms with E-state index in [2.05, 4.69) is 29.8 Å². The fraction of sp³-hybridized carbons (Fsp3) is 0.438. The maximum atomic E-state index is 12.5. The van der Waals surface area contributed by atoms with Crippen molar-refractivity contribution < 1.29 is 0 Å². The minimum atomic E-state index is 0.169. The minimum Gasteiger partial charge on any atom is -0.372 e. The van der Waals surface area contributed by atoms with E-state index in [1.807, 2.05) is 26.0 Å². The number of aromatic amines is 1.